The van der Waals surface area contributed by atoms with E-state index in [0.717, 1.165) is 16.8 Å². The number of anilines is 1. The molecule has 0 atom stereocenters. The minimum Gasteiger partial charge on any atom is -0.467 e. The lowest BCUT2D eigenvalue weighted by atomic mass is 9.97. The number of pyridine rings is 2. The highest BCUT2D eigenvalue weighted by atomic mass is 19.1. The number of nitrogens with zero attached hydrogens (tertiary/aromatic N) is 6. The molecule has 0 spiro atoms. The van der Waals surface area contributed by atoms with Gasteiger partial charge < -0.3 is 14.5 Å². The third-order valence-corrected chi connectivity index (χ3v) is 7.39. The smallest absolute Gasteiger partial charge is 0.318 e. The lowest BCUT2D eigenvalue weighted by Crippen LogP contribution is -2.35. The number of fused-ring (bicyclic) bond motifs is 2. The average molecular weight is 577 g/mol. The zero-order chi connectivity index (χ0) is 29.9. The minimum atomic E-state index is -0.887. The van der Waals surface area contributed by atoms with Gasteiger partial charge in [0.2, 0.25) is 0 Å². The maximum atomic E-state index is 16.3. The topological polar surface area (TPSA) is 84.3 Å². The van der Waals surface area contributed by atoms with Crippen LogP contribution >= 0.6 is 0 Å². The van der Waals surface area contributed by atoms with Crippen LogP contribution in [0.4, 0.5) is 14.6 Å². The van der Waals surface area contributed by atoms with Gasteiger partial charge in [-0.2, -0.15) is 9.97 Å². The van der Waals surface area contributed by atoms with Crippen molar-refractivity contribution in [3.63, 3.8) is 0 Å². The van der Waals surface area contributed by atoms with Gasteiger partial charge in [-0.25, -0.2) is 8.78 Å². The van der Waals surface area contributed by atoms with Crippen molar-refractivity contribution >= 4 is 39.5 Å². The van der Waals surface area contributed by atoms with Crippen LogP contribution in [-0.4, -0.2) is 64.0 Å². The van der Waals surface area contributed by atoms with Crippen molar-refractivity contribution in [2.75, 3.05) is 38.2 Å². The van der Waals surface area contributed by atoms with Crippen LogP contribution in [0.3, 0.4) is 0 Å². The van der Waals surface area contributed by atoms with E-state index in [1.165, 1.54) is 18.2 Å². The molecule has 10 heteroatoms. The van der Waals surface area contributed by atoms with Gasteiger partial charge in [-0.1, -0.05) is 42.3 Å². The largest absolute Gasteiger partial charge is 0.467 e. The van der Waals surface area contributed by atoms with Crippen molar-refractivity contribution in [1.82, 2.24) is 24.8 Å². The molecule has 2 aromatic carbocycles. The molecule has 43 heavy (non-hydrogen) atoms. The molecular weight excluding hydrogens is 550 g/mol. The Hall–Kier alpha value is -5.43. The molecule has 1 aliphatic heterocycles. The normalized spacial score (nSPS) is 14.0. The van der Waals surface area contributed by atoms with E-state index >= 15 is 4.39 Å². The van der Waals surface area contributed by atoms with Crippen molar-refractivity contribution in [1.29, 1.82) is 0 Å². The summed E-state index contributed by atoms with van der Waals surface area (Å²) < 4.78 is 36.5. The van der Waals surface area contributed by atoms with Crippen LogP contribution in [0.15, 0.2) is 72.8 Å². The number of methoxy groups -OCH3 is 1. The first-order valence-corrected chi connectivity index (χ1v) is 13.7. The van der Waals surface area contributed by atoms with Crippen LogP contribution in [0.1, 0.15) is 17.7 Å². The number of hydrogen-bond donors (Lipinski definition) is 0. The Morgan fingerprint density at radius 3 is 2.63 bits per heavy atom. The van der Waals surface area contributed by atoms with Crippen molar-refractivity contribution in [3.05, 3.63) is 89.9 Å². The van der Waals surface area contributed by atoms with Gasteiger partial charge in [0.25, 0.3) is 5.91 Å². The van der Waals surface area contributed by atoms with Gasteiger partial charge in [0.05, 0.1) is 18.2 Å². The van der Waals surface area contributed by atoms with Gasteiger partial charge in [-0.3, -0.25) is 14.8 Å². The molecule has 0 unspecified atom stereocenters. The molecule has 8 nitrogen and oxygen atoms in total. The van der Waals surface area contributed by atoms with E-state index in [9.17, 15) is 9.18 Å². The summed E-state index contributed by atoms with van der Waals surface area (Å²) in [5.41, 5.74) is 1.69. The molecule has 4 heterocycles. The lowest BCUT2D eigenvalue weighted by molar-refractivity contribution is -0.128. The molecular formula is C33H26F2N6O2. The lowest BCUT2D eigenvalue weighted by Gasteiger charge is -2.24. The van der Waals surface area contributed by atoms with Gasteiger partial charge >= 0.3 is 6.01 Å². The van der Waals surface area contributed by atoms with Gasteiger partial charge in [0.1, 0.15) is 17.0 Å². The fourth-order valence-corrected chi connectivity index (χ4v) is 5.34. The van der Waals surface area contributed by atoms with E-state index < -0.39 is 17.6 Å². The van der Waals surface area contributed by atoms with E-state index in [4.69, 9.17) is 11.2 Å². The first kappa shape index (κ1) is 27.7. The summed E-state index contributed by atoms with van der Waals surface area (Å²) in [6, 6.07) is 16.1. The molecule has 6 rings (SSSR count). The Balaban J connectivity index is 1.35. The van der Waals surface area contributed by atoms with Crippen LogP contribution in [-0.2, 0) is 4.79 Å². The highest BCUT2D eigenvalue weighted by Crippen LogP contribution is 2.36. The molecule has 0 bridgehead atoms. The molecule has 1 fully saturated rings. The summed E-state index contributed by atoms with van der Waals surface area (Å²) >= 11 is 0. The van der Waals surface area contributed by atoms with Crippen LogP contribution in [0, 0.1) is 18.2 Å². The van der Waals surface area contributed by atoms with Gasteiger partial charge in [0, 0.05) is 61.2 Å². The quantitative estimate of drug-likeness (QED) is 0.204. The summed E-state index contributed by atoms with van der Waals surface area (Å²) in [6.07, 6.45) is 10.5. The zero-order valence-corrected chi connectivity index (χ0v) is 23.3. The van der Waals surface area contributed by atoms with E-state index in [-0.39, 0.29) is 23.8 Å². The third kappa shape index (κ3) is 5.33. The zero-order valence-electron chi connectivity index (χ0n) is 23.3. The van der Waals surface area contributed by atoms with Crippen LogP contribution in [0.25, 0.3) is 39.0 Å². The Morgan fingerprint density at radius 2 is 1.86 bits per heavy atom. The highest BCUT2D eigenvalue weighted by Gasteiger charge is 2.26. The molecule has 3 aromatic heterocycles. The van der Waals surface area contributed by atoms with E-state index in [2.05, 4.69) is 25.9 Å². The van der Waals surface area contributed by atoms with Crippen molar-refractivity contribution in [2.24, 2.45) is 0 Å². The molecule has 1 aliphatic rings. The number of rotatable bonds is 5. The van der Waals surface area contributed by atoms with E-state index in [1.54, 1.807) is 30.5 Å². The van der Waals surface area contributed by atoms with E-state index in [0.29, 0.717) is 54.1 Å². The second-order valence-corrected chi connectivity index (χ2v) is 9.95. The first-order chi connectivity index (χ1) is 21.0. The predicted octanol–water partition coefficient (Wildman–Crippen LogP) is 5.42. The summed E-state index contributed by atoms with van der Waals surface area (Å²) in [7, 11) is 1.41. The van der Waals surface area contributed by atoms with Crippen LogP contribution in [0.5, 0.6) is 6.01 Å². The fourth-order valence-electron chi connectivity index (χ4n) is 5.34. The maximum absolute atomic E-state index is 16.3. The van der Waals surface area contributed by atoms with Crippen molar-refractivity contribution in [3.8, 4) is 29.6 Å². The molecule has 214 valence electrons. The third-order valence-electron chi connectivity index (χ3n) is 7.39. The van der Waals surface area contributed by atoms with Gasteiger partial charge in [0.15, 0.2) is 11.6 Å². The van der Waals surface area contributed by atoms with Crippen LogP contribution < -0.4 is 9.64 Å². The average Bonchev–Trinajstić information content (AvgIpc) is 3.30. The molecule has 0 saturated carbocycles. The summed E-state index contributed by atoms with van der Waals surface area (Å²) in [5, 5.41) is 1.98. The number of amides is 1. The molecule has 0 radical (unpaired) electrons. The molecule has 5 aromatic rings. The minimum absolute atomic E-state index is 0.0118. The highest BCUT2D eigenvalue weighted by molar-refractivity contribution is 6.02. The van der Waals surface area contributed by atoms with Gasteiger partial charge in [-0.15, -0.1) is 6.42 Å². The van der Waals surface area contributed by atoms with Crippen molar-refractivity contribution < 1.29 is 18.3 Å². The number of halogens is 2. The predicted molar refractivity (Wildman–Crippen MR) is 161 cm³/mol. The fraction of sp³-hybridized carbons (Fsp3) is 0.182. The van der Waals surface area contributed by atoms with E-state index in [1.807, 2.05) is 35.2 Å². The van der Waals surface area contributed by atoms with Crippen LogP contribution in [0.2, 0.25) is 0 Å². The summed E-state index contributed by atoms with van der Waals surface area (Å²) in [4.78, 5) is 33.7. The van der Waals surface area contributed by atoms with Gasteiger partial charge in [-0.05, 0) is 30.0 Å². The Labute approximate surface area is 246 Å². The molecule has 1 saturated heterocycles. The number of carbonyl (C=O) groups is 1. The second kappa shape index (κ2) is 11.8. The maximum Gasteiger partial charge on any atom is 0.318 e. The second-order valence-electron chi connectivity index (χ2n) is 9.95. The Kier molecular flexibility index (Phi) is 7.62. The number of aromatic nitrogens is 4. The Bertz CT molecular complexity index is 1920. The van der Waals surface area contributed by atoms with Crippen molar-refractivity contribution in [2.45, 2.75) is 6.42 Å². The standard InChI is InChI=1S/C33H26F2N6O2/c1-3-21-9-6-10-22-11-7-13-24(27(21)22)29-28(35)30-25(20-37-29)31(39-33(38-30)43-2)40-15-8-16-41(18-17-40)32(42)26(34)19-23-12-4-5-14-36-23/h1,4-7,9-14,19-20H,8,15-18H2,2H3/b26-19-. The number of benzene rings is 2. The number of hydrogen-bond acceptors (Lipinski definition) is 7. The molecule has 1 amide bonds. The Morgan fingerprint density at radius 1 is 1.02 bits per heavy atom. The summed E-state index contributed by atoms with van der Waals surface area (Å²) in [5.74, 6) is 0.869. The molecule has 0 N–H and O–H groups in total. The number of terminal acetylenes is 1. The summed E-state index contributed by atoms with van der Waals surface area (Å²) in [6.45, 7) is 1.39. The molecule has 0 aliphatic carbocycles. The number of carbonyl (C=O) groups excluding carboxylic acids is 1. The SMILES string of the molecule is C#Cc1cccc2cccc(-c3ncc4c(N5CCCN(C(=O)/C(F)=C/c6ccccn6)CC5)nc(OC)nc4c3F)c12. The first-order valence-electron chi connectivity index (χ1n) is 13.7. The monoisotopic (exact) mass is 576 g/mol. The number of ether oxygens (including phenoxy) is 1.